The molecule has 0 radical (unpaired) electrons. The van der Waals surface area contributed by atoms with Crippen LogP contribution >= 0.6 is 0 Å². The zero-order chi connectivity index (χ0) is 14.0. The van der Waals surface area contributed by atoms with Crippen LogP contribution in [0.3, 0.4) is 0 Å². The van der Waals surface area contributed by atoms with E-state index >= 15 is 0 Å². The summed E-state index contributed by atoms with van der Waals surface area (Å²) in [5, 5.41) is 0. The first kappa shape index (κ1) is 13.8. The van der Waals surface area contributed by atoms with Crippen LogP contribution in [0.4, 0.5) is 13.2 Å². The van der Waals surface area contributed by atoms with Gasteiger partial charge in [-0.05, 0) is 24.1 Å². The normalized spacial score (nSPS) is 15.4. The number of alkyl halides is 3. The van der Waals surface area contributed by atoms with Crippen LogP contribution in [0.1, 0.15) is 24.4 Å². The second kappa shape index (κ2) is 5.16. The van der Waals surface area contributed by atoms with E-state index in [-0.39, 0.29) is 13.2 Å². The van der Waals surface area contributed by atoms with Crippen LogP contribution in [0.15, 0.2) is 12.1 Å². The topological polar surface area (TPSA) is 53.7 Å². The second-order valence-electron chi connectivity index (χ2n) is 4.22. The molecule has 1 atom stereocenters. The van der Waals surface area contributed by atoms with Crippen LogP contribution in [-0.2, 0) is 0 Å². The summed E-state index contributed by atoms with van der Waals surface area (Å²) in [6.07, 6.45) is -5.32. The van der Waals surface area contributed by atoms with Crippen LogP contribution in [0.5, 0.6) is 17.2 Å². The summed E-state index contributed by atoms with van der Waals surface area (Å²) in [7, 11) is 1.45. The standard InChI is InChI=1S/C12H14F3NO3/c1-17-9-4-7(5-10-11(9)19-6-18-10)8(16)2-3-12(13,14)15/h4-5,8H,2-3,6,16H2,1H3/t8-/m1/s1. The molecule has 1 aliphatic rings. The van der Waals surface area contributed by atoms with Gasteiger partial charge in [-0.25, -0.2) is 0 Å². The highest BCUT2D eigenvalue weighted by atomic mass is 19.4. The molecule has 1 aliphatic heterocycles. The third kappa shape index (κ3) is 3.23. The minimum absolute atomic E-state index is 0.0624. The van der Waals surface area contributed by atoms with Crippen LogP contribution < -0.4 is 19.9 Å². The van der Waals surface area contributed by atoms with Crippen molar-refractivity contribution in [3.63, 3.8) is 0 Å². The van der Waals surface area contributed by atoms with Gasteiger partial charge in [-0.2, -0.15) is 13.2 Å². The lowest BCUT2D eigenvalue weighted by atomic mass is 10.0. The van der Waals surface area contributed by atoms with Crippen LogP contribution in [0.25, 0.3) is 0 Å². The van der Waals surface area contributed by atoms with E-state index in [2.05, 4.69) is 0 Å². The summed E-state index contributed by atoms with van der Waals surface area (Å²) in [6, 6.07) is 2.44. The van der Waals surface area contributed by atoms with Gasteiger partial charge in [-0.3, -0.25) is 0 Å². The first-order valence-corrected chi connectivity index (χ1v) is 5.70. The van der Waals surface area contributed by atoms with Crippen LogP contribution in [-0.4, -0.2) is 20.1 Å². The van der Waals surface area contributed by atoms with Gasteiger partial charge in [0.05, 0.1) is 7.11 Å². The van der Waals surface area contributed by atoms with E-state index in [0.717, 1.165) is 0 Å². The predicted octanol–water partition coefficient (Wildman–Crippen LogP) is 2.77. The molecule has 1 aromatic carbocycles. The molecule has 0 fully saturated rings. The van der Waals surface area contributed by atoms with Crippen molar-refractivity contribution in [2.75, 3.05) is 13.9 Å². The van der Waals surface area contributed by atoms with Crippen molar-refractivity contribution in [1.29, 1.82) is 0 Å². The maximum Gasteiger partial charge on any atom is 0.389 e. The monoisotopic (exact) mass is 277 g/mol. The quantitative estimate of drug-likeness (QED) is 0.919. The zero-order valence-electron chi connectivity index (χ0n) is 10.3. The third-order valence-corrected chi connectivity index (χ3v) is 2.85. The van der Waals surface area contributed by atoms with Crippen molar-refractivity contribution in [2.24, 2.45) is 5.73 Å². The van der Waals surface area contributed by atoms with E-state index in [1.165, 1.54) is 7.11 Å². The van der Waals surface area contributed by atoms with Gasteiger partial charge in [0.1, 0.15) is 0 Å². The Morgan fingerprint density at radius 2 is 2.11 bits per heavy atom. The lowest BCUT2D eigenvalue weighted by molar-refractivity contribution is -0.136. The Morgan fingerprint density at radius 1 is 1.37 bits per heavy atom. The number of benzene rings is 1. The summed E-state index contributed by atoms with van der Waals surface area (Å²) in [5.41, 5.74) is 6.30. The van der Waals surface area contributed by atoms with E-state index < -0.39 is 18.6 Å². The van der Waals surface area contributed by atoms with Crippen LogP contribution in [0, 0.1) is 0 Å². The maximum absolute atomic E-state index is 12.2. The largest absolute Gasteiger partial charge is 0.493 e. The Hall–Kier alpha value is -1.63. The van der Waals surface area contributed by atoms with Gasteiger partial charge in [0.15, 0.2) is 11.5 Å². The molecular formula is C12H14F3NO3. The molecule has 0 bridgehead atoms. The molecule has 0 aliphatic carbocycles. The van der Waals surface area contributed by atoms with E-state index in [0.29, 0.717) is 22.8 Å². The fourth-order valence-corrected chi connectivity index (χ4v) is 1.85. The molecule has 2 rings (SSSR count). The lowest BCUT2D eigenvalue weighted by Gasteiger charge is -2.15. The molecule has 0 spiro atoms. The number of fused-ring (bicyclic) bond motifs is 1. The lowest BCUT2D eigenvalue weighted by Crippen LogP contribution is -2.15. The number of ether oxygens (including phenoxy) is 3. The molecule has 1 heterocycles. The Kier molecular flexibility index (Phi) is 3.75. The number of halogens is 3. The fourth-order valence-electron chi connectivity index (χ4n) is 1.85. The molecule has 7 heteroatoms. The highest BCUT2D eigenvalue weighted by Gasteiger charge is 2.29. The van der Waals surface area contributed by atoms with Crippen molar-refractivity contribution in [2.45, 2.75) is 25.1 Å². The van der Waals surface area contributed by atoms with Crippen molar-refractivity contribution in [3.8, 4) is 17.2 Å². The van der Waals surface area contributed by atoms with Gasteiger partial charge < -0.3 is 19.9 Å². The molecule has 4 nitrogen and oxygen atoms in total. The average Bonchev–Trinajstić information content (AvgIpc) is 2.81. The third-order valence-electron chi connectivity index (χ3n) is 2.85. The summed E-state index contributed by atoms with van der Waals surface area (Å²) in [6.45, 7) is 0.0624. The molecule has 0 saturated carbocycles. The number of rotatable bonds is 4. The zero-order valence-corrected chi connectivity index (χ0v) is 10.3. The second-order valence-corrected chi connectivity index (χ2v) is 4.22. The molecular weight excluding hydrogens is 263 g/mol. The Labute approximate surface area is 108 Å². The summed E-state index contributed by atoms with van der Waals surface area (Å²) in [4.78, 5) is 0. The SMILES string of the molecule is COc1cc([C@H](N)CCC(F)(F)F)cc2c1OCO2. The Balaban J connectivity index is 2.16. The van der Waals surface area contributed by atoms with E-state index in [1.807, 2.05) is 0 Å². The Bertz CT molecular complexity index is 462. The minimum atomic E-state index is -4.21. The molecule has 0 amide bonds. The number of methoxy groups -OCH3 is 1. The van der Waals surface area contributed by atoms with Gasteiger partial charge in [-0.1, -0.05) is 0 Å². The average molecular weight is 277 g/mol. The molecule has 106 valence electrons. The number of hydrogen-bond donors (Lipinski definition) is 1. The van der Waals surface area contributed by atoms with Crippen LogP contribution in [0.2, 0.25) is 0 Å². The Morgan fingerprint density at radius 3 is 2.74 bits per heavy atom. The van der Waals surface area contributed by atoms with Crippen molar-refractivity contribution in [1.82, 2.24) is 0 Å². The molecule has 1 aromatic rings. The number of hydrogen-bond acceptors (Lipinski definition) is 4. The van der Waals surface area contributed by atoms with Gasteiger partial charge in [0, 0.05) is 12.5 Å². The summed E-state index contributed by atoms with van der Waals surface area (Å²) < 4.78 is 52.0. The molecule has 0 aromatic heterocycles. The summed E-state index contributed by atoms with van der Waals surface area (Å²) in [5.74, 6) is 1.30. The van der Waals surface area contributed by atoms with E-state index in [9.17, 15) is 13.2 Å². The van der Waals surface area contributed by atoms with Crippen molar-refractivity contribution < 1.29 is 27.4 Å². The highest BCUT2D eigenvalue weighted by Crippen LogP contribution is 2.43. The van der Waals surface area contributed by atoms with Gasteiger partial charge in [0.2, 0.25) is 12.5 Å². The first-order chi connectivity index (χ1) is 8.90. The van der Waals surface area contributed by atoms with Gasteiger partial charge in [-0.15, -0.1) is 0 Å². The van der Waals surface area contributed by atoms with E-state index in [1.54, 1.807) is 12.1 Å². The van der Waals surface area contributed by atoms with Crippen molar-refractivity contribution in [3.05, 3.63) is 17.7 Å². The minimum Gasteiger partial charge on any atom is -0.493 e. The first-order valence-electron chi connectivity index (χ1n) is 5.70. The number of nitrogens with two attached hydrogens (primary N) is 1. The highest BCUT2D eigenvalue weighted by molar-refractivity contribution is 5.55. The predicted molar refractivity (Wildman–Crippen MR) is 61.3 cm³/mol. The summed E-state index contributed by atoms with van der Waals surface area (Å²) >= 11 is 0. The molecule has 19 heavy (non-hydrogen) atoms. The fraction of sp³-hybridized carbons (Fsp3) is 0.500. The molecule has 0 unspecified atom stereocenters. The molecule has 2 N–H and O–H groups in total. The van der Waals surface area contributed by atoms with Gasteiger partial charge in [0.25, 0.3) is 0 Å². The smallest absolute Gasteiger partial charge is 0.389 e. The van der Waals surface area contributed by atoms with Crippen molar-refractivity contribution >= 4 is 0 Å². The van der Waals surface area contributed by atoms with E-state index in [4.69, 9.17) is 19.9 Å². The molecule has 0 saturated heterocycles. The maximum atomic E-state index is 12.2. The van der Waals surface area contributed by atoms with Gasteiger partial charge >= 0.3 is 6.18 Å².